The Morgan fingerprint density at radius 2 is 2.53 bits per heavy atom. The lowest BCUT2D eigenvalue weighted by Gasteiger charge is -2.32. The van der Waals surface area contributed by atoms with Gasteiger partial charge in [-0.15, -0.1) is 11.3 Å². The van der Waals surface area contributed by atoms with Gasteiger partial charge < -0.3 is 9.64 Å². The Hall–Kier alpha value is -0.650. The van der Waals surface area contributed by atoms with Gasteiger partial charge in [-0.25, -0.2) is 0 Å². The molecule has 2 rings (SSSR count). The molecule has 1 fully saturated rings. The molecule has 2 heterocycles. The molecule has 1 aromatic heterocycles. The molecule has 0 aliphatic carbocycles. The Kier molecular flexibility index (Phi) is 4.36. The van der Waals surface area contributed by atoms with E-state index in [9.17, 15) is 4.79 Å². The Bertz CT molecular complexity index is 430. The number of thiophene rings is 1. The predicted octanol–water partition coefficient (Wildman–Crippen LogP) is 2.77. The van der Waals surface area contributed by atoms with Gasteiger partial charge >= 0.3 is 0 Å². The Morgan fingerprint density at radius 3 is 3.18 bits per heavy atom. The van der Waals surface area contributed by atoms with Crippen molar-refractivity contribution in [3.05, 3.63) is 26.9 Å². The zero-order valence-corrected chi connectivity index (χ0v) is 12.0. The van der Waals surface area contributed by atoms with E-state index >= 15 is 0 Å². The van der Waals surface area contributed by atoms with E-state index in [2.05, 4.69) is 15.9 Å². The first kappa shape index (κ1) is 12.8. The molecule has 1 amide bonds. The van der Waals surface area contributed by atoms with Crippen molar-refractivity contribution in [1.82, 2.24) is 4.90 Å². The van der Waals surface area contributed by atoms with Crippen LogP contribution >= 0.6 is 27.3 Å². The molecule has 0 aromatic carbocycles. The molecule has 0 unspecified atom stereocenters. The van der Waals surface area contributed by atoms with E-state index in [0.717, 1.165) is 9.35 Å². The van der Waals surface area contributed by atoms with Crippen LogP contribution in [0.3, 0.4) is 0 Å². The van der Waals surface area contributed by atoms with E-state index in [1.165, 1.54) is 0 Å². The minimum atomic E-state index is 0.0584. The molecule has 92 valence electrons. The second kappa shape index (κ2) is 5.80. The van der Waals surface area contributed by atoms with Crippen LogP contribution in [0.15, 0.2) is 21.3 Å². The molecule has 0 N–H and O–H groups in total. The molecule has 0 spiro atoms. The van der Waals surface area contributed by atoms with Crippen LogP contribution in [0.1, 0.15) is 12.5 Å². The molecule has 0 bridgehead atoms. The molecule has 0 radical (unpaired) electrons. The van der Waals surface area contributed by atoms with Gasteiger partial charge in [0.05, 0.1) is 23.0 Å². The molecule has 3 nitrogen and oxygen atoms in total. The van der Waals surface area contributed by atoms with E-state index in [0.29, 0.717) is 19.8 Å². The molecular weight excluding hydrogens is 302 g/mol. The fourth-order valence-electron chi connectivity index (χ4n) is 1.73. The van der Waals surface area contributed by atoms with Gasteiger partial charge in [0, 0.05) is 12.6 Å². The number of carbonyl (C=O) groups excluding carboxylic acids is 1. The summed E-state index contributed by atoms with van der Waals surface area (Å²) in [6.07, 6.45) is 3.49. The summed E-state index contributed by atoms with van der Waals surface area (Å²) in [6.45, 7) is 3.95. The molecular formula is C12H14BrNO2S. The SMILES string of the molecule is C[C@H]1COCCN1C(=O)/C=C/c1csc(Br)c1. The average molecular weight is 316 g/mol. The van der Waals surface area contributed by atoms with Gasteiger partial charge in [0.1, 0.15) is 0 Å². The largest absolute Gasteiger partial charge is 0.377 e. The summed E-state index contributed by atoms with van der Waals surface area (Å²) in [4.78, 5) is 13.8. The van der Waals surface area contributed by atoms with Gasteiger partial charge in [-0.1, -0.05) is 0 Å². The van der Waals surface area contributed by atoms with Gasteiger partial charge in [0.15, 0.2) is 0 Å². The summed E-state index contributed by atoms with van der Waals surface area (Å²) in [7, 11) is 0. The number of hydrogen-bond donors (Lipinski definition) is 0. The minimum Gasteiger partial charge on any atom is -0.377 e. The van der Waals surface area contributed by atoms with Gasteiger partial charge in [0.2, 0.25) is 5.91 Å². The maximum absolute atomic E-state index is 12.0. The first-order valence-corrected chi connectivity index (χ1v) is 7.14. The Balaban J connectivity index is 1.98. The highest BCUT2D eigenvalue weighted by Crippen LogP contribution is 2.21. The number of hydrogen-bond acceptors (Lipinski definition) is 3. The lowest BCUT2D eigenvalue weighted by molar-refractivity contribution is -0.133. The molecule has 1 aliphatic rings. The van der Waals surface area contributed by atoms with Crippen LogP contribution in [0.4, 0.5) is 0 Å². The minimum absolute atomic E-state index is 0.0584. The van der Waals surface area contributed by atoms with Crippen molar-refractivity contribution in [2.24, 2.45) is 0 Å². The van der Waals surface area contributed by atoms with E-state index in [4.69, 9.17) is 4.74 Å². The predicted molar refractivity (Wildman–Crippen MR) is 73.0 cm³/mol. The highest BCUT2D eigenvalue weighted by Gasteiger charge is 2.21. The summed E-state index contributed by atoms with van der Waals surface area (Å²) in [5.41, 5.74) is 1.05. The van der Waals surface area contributed by atoms with Crippen molar-refractivity contribution in [2.75, 3.05) is 19.8 Å². The van der Waals surface area contributed by atoms with Gasteiger partial charge in [0.25, 0.3) is 0 Å². The fraction of sp³-hybridized carbons (Fsp3) is 0.417. The van der Waals surface area contributed by atoms with Gasteiger partial charge in [-0.05, 0) is 45.9 Å². The van der Waals surface area contributed by atoms with Crippen molar-refractivity contribution in [3.8, 4) is 0 Å². The van der Waals surface area contributed by atoms with Crippen LogP contribution in [0.5, 0.6) is 0 Å². The van der Waals surface area contributed by atoms with Crippen molar-refractivity contribution < 1.29 is 9.53 Å². The van der Waals surface area contributed by atoms with Gasteiger partial charge in [-0.2, -0.15) is 0 Å². The highest BCUT2D eigenvalue weighted by atomic mass is 79.9. The first-order chi connectivity index (χ1) is 8.16. The number of carbonyl (C=O) groups is 1. The van der Waals surface area contributed by atoms with E-state index in [1.54, 1.807) is 17.4 Å². The maximum atomic E-state index is 12.0. The van der Waals surface area contributed by atoms with Crippen molar-refractivity contribution in [1.29, 1.82) is 0 Å². The van der Waals surface area contributed by atoms with Crippen LogP contribution in [-0.2, 0) is 9.53 Å². The topological polar surface area (TPSA) is 29.5 Å². The number of rotatable bonds is 2. The lowest BCUT2D eigenvalue weighted by atomic mass is 10.2. The number of halogens is 1. The number of morpholine rings is 1. The third kappa shape index (κ3) is 3.40. The van der Waals surface area contributed by atoms with Crippen LogP contribution < -0.4 is 0 Å². The zero-order valence-electron chi connectivity index (χ0n) is 9.56. The van der Waals surface area contributed by atoms with E-state index in [-0.39, 0.29) is 11.9 Å². The third-order valence-corrected chi connectivity index (χ3v) is 4.18. The average Bonchev–Trinajstić information content (AvgIpc) is 2.73. The normalized spacial score (nSPS) is 21.1. The zero-order chi connectivity index (χ0) is 12.3. The summed E-state index contributed by atoms with van der Waals surface area (Å²) >= 11 is 5.01. The number of amides is 1. The van der Waals surface area contributed by atoms with E-state index < -0.39 is 0 Å². The molecule has 1 saturated heterocycles. The molecule has 1 atom stereocenters. The highest BCUT2D eigenvalue weighted by molar-refractivity contribution is 9.11. The quantitative estimate of drug-likeness (QED) is 0.785. The molecule has 17 heavy (non-hydrogen) atoms. The van der Waals surface area contributed by atoms with Crippen molar-refractivity contribution in [3.63, 3.8) is 0 Å². The maximum Gasteiger partial charge on any atom is 0.246 e. The number of nitrogens with zero attached hydrogens (tertiary/aromatic N) is 1. The standard InChI is InChI=1S/C12H14BrNO2S/c1-9-7-16-5-4-14(9)12(15)3-2-10-6-11(13)17-8-10/h2-3,6,8-9H,4-5,7H2,1H3/b3-2+/t9-/m0/s1. The van der Waals surface area contributed by atoms with Crippen LogP contribution in [-0.4, -0.2) is 36.6 Å². The van der Waals surface area contributed by atoms with Crippen molar-refractivity contribution >= 4 is 39.2 Å². The smallest absolute Gasteiger partial charge is 0.246 e. The number of ether oxygens (including phenoxy) is 1. The molecule has 5 heteroatoms. The van der Waals surface area contributed by atoms with Crippen LogP contribution in [0, 0.1) is 0 Å². The summed E-state index contributed by atoms with van der Waals surface area (Å²) in [5, 5.41) is 2.01. The fourth-order valence-corrected chi connectivity index (χ4v) is 2.87. The second-order valence-electron chi connectivity index (χ2n) is 3.97. The Labute approximate surface area is 113 Å². The molecule has 1 aliphatic heterocycles. The summed E-state index contributed by atoms with van der Waals surface area (Å²) in [5.74, 6) is 0.0584. The monoisotopic (exact) mass is 315 g/mol. The van der Waals surface area contributed by atoms with Gasteiger partial charge in [-0.3, -0.25) is 4.79 Å². The lowest BCUT2D eigenvalue weighted by Crippen LogP contribution is -2.46. The van der Waals surface area contributed by atoms with Crippen LogP contribution in [0.2, 0.25) is 0 Å². The van der Waals surface area contributed by atoms with Crippen LogP contribution in [0.25, 0.3) is 6.08 Å². The first-order valence-electron chi connectivity index (χ1n) is 5.47. The Morgan fingerprint density at radius 1 is 1.71 bits per heavy atom. The molecule has 1 aromatic rings. The summed E-state index contributed by atoms with van der Waals surface area (Å²) < 4.78 is 6.38. The third-order valence-electron chi connectivity index (χ3n) is 2.66. The molecule has 0 saturated carbocycles. The summed E-state index contributed by atoms with van der Waals surface area (Å²) in [6, 6.07) is 2.16. The van der Waals surface area contributed by atoms with E-state index in [1.807, 2.05) is 29.3 Å². The second-order valence-corrected chi connectivity index (χ2v) is 6.26. The van der Waals surface area contributed by atoms with Crippen molar-refractivity contribution in [2.45, 2.75) is 13.0 Å².